The van der Waals surface area contributed by atoms with Gasteiger partial charge in [-0.2, -0.15) is 0 Å². The van der Waals surface area contributed by atoms with Gasteiger partial charge in [0.05, 0.1) is 25.2 Å². The maximum Gasteiger partial charge on any atom is 0.283 e. The fourth-order valence-corrected chi connectivity index (χ4v) is 4.92. The molecule has 196 valence electrons. The first-order chi connectivity index (χ1) is 18.4. The van der Waals surface area contributed by atoms with E-state index in [1.54, 1.807) is 23.0 Å². The fraction of sp³-hybridized carbons (Fsp3) is 0.233. The molecule has 0 spiro atoms. The largest absolute Gasteiger partial charge is 0.497 e. The van der Waals surface area contributed by atoms with Crippen molar-refractivity contribution in [1.82, 2.24) is 0 Å². The van der Waals surface area contributed by atoms with Gasteiger partial charge in [-0.15, -0.1) is 0 Å². The predicted molar refractivity (Wildman–Crippen MR) is 155 cm³/mol. The van der Waals surface area contributed by atoms with Gasteiger partial charge >= 0.3 is 0 Å². The highest BCUT2D eigenvalue weighted by Crippen LogP contribution is 2.31. The number of anilines is 2. The zero-order valence-corrected chi connectivity index (χ0v) is 22.8. The number of amides is 2. The maximum atomic E-state index is 13.5. The molecule has 0 fully saturated rings. The lowest BCUT2D eigenvalue weighted by Gasteiger charge is -2.27. The number of benzene rings is 3. The van der Waals surface area contributed by atoms with Crippen LogP contribution in [0.3, 0.4) is 0 Å². The minimum absolute atomic E-state index is 0.0228. The van der Waals surface area contributed by atoms with Crippen molar-refractivity contribution < 1.29 is 19.1 Å². The Hall–Kier alpha value is -4.04. The first-order valence-electron chi connectivity index (χ1n) is 12.4. The summed E-state index contributed by atoms with van der Waals surface area (Å²) in [5, 5.41) is 0.448. The van der Waals surface area contributed by atoms with Gasteiger partial charge in [-0.05, 0) is 80.9 Å². The van der Waals surface area contributed by atoms with E-state index in [9.17, 15) is 9.59 Å². The summed E-state index contributed by atoms with van der Waals surface area (Å²) < 4.78 is 10.8. The lowest BCUT2D eigenvalue weighted by atomic mass is 10.2. The second-order valence-corrected chi connectivity index (χ2v) is 9.69. The number of rotatable bonds is 9. The third-order valence-corrected chi connectivity index (χ3v) is 6.72. The average molecular weight is 530 g/mol. The molecule has 0 bridgehead atoms. The summed E-state index contributed by atoms with van der Waals surface area (Å²) in [6, 6.07) is 24.2. The Morgan fingerprint density at radius 2 is 1.66 bits per heavy atom. The molecular weight excluding hydrogens is 498 g/mol. The van der Waals surface area contributed by atoms with Crippen molar-refractivity contribution >= 4 is 46.2 Å². The molecule has 1 heterocycles. The summed E-state index contributed by atoms with van der Waals surface area (Å²) in [5.74, 6) is 1.25. The van der Waals surface area contributed by atoms with E-state index in [4.69, 9.17) is 9.47 Å². The van der Waals surface area contributed by atoms with Gasteiger partial charge in [-0.3, -0.25) is 14.5 Å². The average Bonchev–Trinajstić information content (AvgIpc) is 3.23. The van der Waals surface area contributed by atoms with Crippen LogP contribution >= 0.6 is 11.8 Å². The van der Waals surface area contributed by atoms with Crippen LogP contribution in [-0.4, -0.2) is 42.5 Å². The van der Waals surface area contributed by atoms with Gasteiger partial charge in [0.1, 0.15) is 17.2 Å². The van der Waals surface area contributed by atoms with Gasteiger partial charge in [0, 0.05) is 11.7 Å². The van der Waals surface area contributed by atoms with Crippen molar-refractivity contribution in [2.45, 2.75) is 26.8 Å². The molecule has 1 aliphatic heterocycles. The molecule has 7 nitrogen and oxygen atoms in total. The number of methoxy groups -OCH3 is 1. The highest BCUT2D eigenvalue weighted by atomic mass is 32.2. The summed E-state index contributed by atoms with van der Waals surface area (Å²) in [6.07, 6.45) is 1.74. The van der Waals surface area contributed by atoms with Crippen LogP contribution < -0.4 is 19.3 Å². The van der Waals surface area contributed by atoms with Crippen molar-refractivity contribution in [3.05, 3.63) is 90.1 Å². The molecule has 0 aliphatic carbocycles. The molecule has 3 aromatic rings. The summed E-state index contributed by atoms with van der Waals surface area (Å²) >= 11 is 1.25. The zero-order valence-electron chi connectivity index (χ0n) is 22.0. The van der Waals surface area contributed by atoms with E-state index in [2.05, 4.69) is 4.99 Å². The minimum atomic E-state index is -0.260. The highest BCUT2D eigenvalue weighted by Gasteiger charge is 2.33. The number of para-hydroxylation sites is 1. The molecule has 0 radical (unpaired) electrons. The van der Waals surface area contributed by atoms with E-state index in [0.29, 0.717) is 28.9 Å². The molecule has 0 saturated carbocycles. The van der Waals surface area contributed by atoms with Gasteiger partial charge in [-0.25, -0.2) is 4.99 Å². The Bertz CT molecular complexity index is 1320. The molecule has 2 amide bonds. The number of hydrogen-bond acceptors (Lipinski definition) is 6. The van der Waals surface area contributed by atoms with Crippen LogP contribution in [0.2, 0.25) is 0 Å². The third-order valence-electron chi connectivity index (χ3n) is 5.80. The molecule has 8 heteroatoms. The number of thioether (sulfide) groups is 1. The van der Waals surface area contributed by atoms with Crippen molar-refractivity contribution in [2.24, 2.45) is 4.99 Å². The number of aliphatic imine (C=N–C) groups is 1. The number of carbonyl (C=O) groups excluding carboxylic acids is 2. The second kappa shape index (κ2) is 12.5. The van der Waals surface area contributed by atoms with Gasteiger partial charge in [-0.1, -0.05) is 42.1 Å². The molecule has 38 heavy (non-hydrogen) atoms. The fourth-order valence-electron chi connectivity index (χ4n) is 4.05. The molecule has 1 aliphatic rings. The molecule has 0 unspecified atom stereocenters. The minimum Gasteiger partial charge on any atom is -0.497 e. The van der Waals surface area contributed by atoms with Gasteiger partial charge < -0.3 is 14.4 Å². The van der Waals surface area contributed by atoms with E-state index in [1.165, 1.54) is 11.8 Å². The number of carbonyl (C=O) groups is 2. The van der Waals surface area contributed by atoms with Crippen LogP contribution in [0.4, 0.5) is 11.4 Å². The Balaban J connectivity index is 1.62. The van der Waals surface area contributed by atoms with Crippen LogP contribution in [0.25, 0.3) is 6.08 Å². The zero-order chi connectivity index (χ0) is 27.1. The molecule has 4 rings (SSSR count). The van der Waals surface area contributed by atoms with Crippen LogP contribution in [0.1, 0.15) is 26.3 Å². The lowest BCUT2D eigenvalue weighted by Crippen LogP contribution is -2.39. The quantitative estimate of drug-likeness (QED) is 0.317. The van der Waals surface area contributed by atoms with Gasteiger partial charge in [0.15, 0.2) is 5.17 Å². The van der Waals surface area contributed by atoms with Crippen molar-refractivity contribution in [3.8, 4) is 11.5 Å². The second-order valence-electron chi connectivity index (χ2n) is 8.75. The van der Waals surface area contributed by atoms with E-state index >= 15 is 0 Å². The summed E-state index contributed by atoms with van der Waals surface area (Å²) in [5.41, 5.74) is 2.60. The normalized spacial score (nSPS) is 14.1. The molecule has 0 aromatic heterocycles. The summed E-state index contributed by atoms with van der Waals surface area (Å²) in [4.78, 5) is 34.8. The number of hydrogen-bond donors (Lipinski definition) is 0. The molecule has 3 aromatic carbocycles. The number of amidine groups is 1. The topological polar surface area (TPSA) is 71.4 Å². The number of nitrogens with zero attached hydrogens (tertiary/aromatic N) is 3. The van der Waals surface area contributed by atoms with Gasteiger partial charge in [0.25, 0.3) is 5.91 Å². The third kappa shape index (κ3) is 6.26. The standard InChI is InChI=1S/C30H31N3O4S/c1-5-37-26-17-13-24(14-18-26)33-29(35)27(19-22-11-15-25(36-4)16-12-22)31-30(33)38-20-28(34)32(21(2)3)23-9-7-6-8-10-23/h6-19,21H,5,20H2,1-4H3/b27-19+. The monoisotopic (exact) mass is 529 g/mol. The van der Waals surface area contributed by atoms with Crippen molar-refractivity contribution in [2.75, 3.05) is 29.3 Å². The Kier molecular flexibility index (Phi) is 8.86. The first-order valence-corrected chi connectivity index (χ1v) is 13.4. The highest BCUT2D eigenvalue weighted by molar-refractivity contribution is 8.14. The Labute approximate surface area is 227 Å². The maximum absolute atomic E-state index is 13.5. The van der Waals surface area contributed by atoms with E-state index < -0.39 is 0 Å². The van der Waals surface area contributed by atoms with Crippen LogP contribution in [0.5, 0.6) is 11.5 Å². The molecular formula is C30H31N3O4S. The molecule has 0 N–H and O–H groups in total. The van der Waals surface area contributed by atoms with E-state index in [0.717, 1.165) is 17.0 Å². The molecule has 0 saturated heterocycles. The summed E-state index contributed by atoms with van der Waals surface area (Å²) in [6.45, 7) is 6.43. The first kappa shape index (κ1) is 27.0. The Morgan fingerprint density at radius 1 is 1.00 bits per heavy atom. The van der Waals surface area contributed by atoms with Crippen LogP contribution in [-0.2, 0) is 9.59 Å². The van der Waals surface area contributed by atoms with Crippen LogP contribution in [0.15, 0.2) is 89.6 Å². The van der Waals surface area contributed by atoms with Crippen molar-refractivity contribution in [3.63, 3.8) is 0 Å². The smallest absolute Gasteiger partial charge is 0.283 e. The van der Waals surface area contributed by atoms with Crippen LogP contribution in [0, 0.1) is 0 Å². The van der Waals surface area contributed by atoms with Crippen molar-refractivity contribution in [1.29, 1.82) is 0 Å². The predicted octanol–water partition coefficient (Wildman–Crippen LogP) is 6.01. The lowest BCUT2D eigenvalue weighted by molar-refractivity contribution is -0.116. The van der Waals surface area contributed by atoms with Gasteiger partial charge in [0.2, 0.25) is 5.91 Å². The van der Waals surface area contributed by atoms with E-state index in [1.807, 2.05) is 99.6 Å². The SMILES string of the molecule is CCOc1ccc(N2C(=O)/C(=C\c3ccc(OC)cc3)N=C2SCC(=O)N(c2ccccc2)C(C)C)cc1. The summed E-state index contributed by atoms with van der Waals surface area (Å²) in [7, 11) is 1.61. The van der Waals surface area contributed by atoms with E-state index in [-0.39, 0.29) is 23.6 Å². The Morgan fingerprint density at radius 3 is 2.26 bits per heavy atom. The number of ether oxygens (including phenoxy) is 2. The molecule has 0 atom stereocenters.